The molecule has 0 aromatic heterocycles. The Hall–Kier alpha value is -2.45. The minimum absolute atomic E-state index is 0.115. The number of nitrogens with zero attached hydrogens (tertiary/aromatic N) is 1. The van der Waals surface area contributed by atoms with E-state index in [1.165, 1.54) is 10.4 Å². The van der Waals surface area contributed by atoms with E-state index in [4.69, 9.17) is 21.1 Å². The van der Waals surface area contributed by atoms with Crippen molar-refractivity contribution in [2.75, 3.05) is 30.3 Å². The molecule has 2 aromatic carbocycles. The zero-order valence-electron chi connectivity index (χ0n) is 16.2. The summed E-state index contributed by atoms with van der Waals surface area (Å²) in [5.41, 5.74) is 1.47. The fraction of sp³-hybridized carbons (Fsp3) is 0.350. The van der Waals surface area contributed by atoms with Crippen molar-refractivity contribution in [3.05, 3.63) is 53.1 Å². The zero-order chi connectivity index (χ0) is 21.0. The molecule has 29 heavy (non-hydrogen) atoms. The standard InChI is InChI=1S/C20H23ClN2O5S/c1-14-3-6-16(7-4-14)27-12-10-22-20(24)19-9-11-23(29(2,25)26)17-13-15(21)5-8-18(17)28-19/h3-8,13,19H,9-12H2,1-2H3,(H,22,24). The maximum atomic E-state index is 12.6. The third-order valence-electron chi connectivity index (χ3n) is 4.44. The van der Waals surface area contributed by atoms with E-state index in [0.717, 1.165) is 17.6 Å². The number of aryl methyl sites for hydroxylation is 1. The van der Waals surface area contributed by atoms with E-state index in [1.54, 1.807) is 12.1 Å². The number of halogens is 1. The summed E-state index contributed by atoms with van der Waals surface area (Å²) < 4.78 is 37.0. The molecule has 1 aliphatic heterocycles. The van der Waals surface area contributed by atoms with Crippen molar-refractivity contribution in [1.29, 1.82) is 0 Å². The van der Waals surface area contributed by atoms with Gasteiger partial charge in [0, 0.05) is 18.0 Å². The van der Waals surface area contributed by atoms with Crippen LogP contribution in [0.2, 0.25) is 5.02 Å². The number of fused-ring (bicyclic) bond motifs is 1. The predicted octanol–water partition coefficient (Wildman–Crippen LogP) is 2.76. The van der Waals surface area contributed by atoms with Crippen LogP contribution in [-0.2, 0) is 14.8 Å². The van der Waals surface area contributed by atoms with Gasteiger partial charge in [-0.05, 0) is 37.3 Å². The second-order valence-electron chi connectivity index (χ2n) is 6.79. The van der Waals surface area contributed by atoms with Gasteiger partial charge in [-0.2, -0.15) is 0 Å². The lowest BCUT2D eigenvalue weighted by atomic mass is 10.2. The number of ether oxygens (including phenoxy) is 2. The quantitative estimate of drug-likeness (QED) is 0.701. The van der Waals surface area contributed by atoms with E-state index in [0.29, 0.717) is 29.6 Å². The molecule has 0 radical (unpaired) electrons. The molecule has 1 aliphatic rings. The average Bonchev–Trinajstić information content (AvgIpc) is 2.85. The minimum atomic E-state index is -3.54. The van der Waals surface area contributed by atoms with E-state index in [9.17, 15) is 13.2 Å². The number of sulfonamides is 1. The summed E-state index contributed by atoms with van der Waals surface area (Å²) in [6, 6.07) is 12.3. The molecule has 0 bridgehead atoms. The highest BCUT2D eigenvalue weighted by Crippen LogP contribution is 2.36. The first-order valence-corrected chi connectivity index (χ1v) is 11.4. The van der Waals surface area contributed by atoms with Crippen molar-refractivity contribution >= 4 is 33.2 Å². The normalized spacial score (nSPS) is 16.4. The average molecular weight is 439 g/mol. The number of benzene rings is 2. The summed E-state index contributed by atoms with van der Waals surface area (Å²) >= 11 is 6.02. The van der Waals surface area contributed by atoms with Gasteiger partial charge in [0.05, 0.1) is 18.5 Å². The highest BCUT2D eigenvalue weighted by atomic mass is 35.5. The summed E-state index contributed by atoms with van der Waals surface area (Å²) in [5, 5.41) is 3.16. The van der Waals surface area contributed by atoms with E-state index < -0.39 is 16.1 Å². The van der Waals surface area contributed by atoms with Crippen molar-refractivity contribution in [3.63, 3.8) is 0 Å². The number of hydrogen-bond donors (Lipinski definition) is 1. The van der Waals surface area contributed by atoms with Gasteiger partial charge in [-0.3, -0.25) is 9.10 Å². The molecule has 1 N–H and O–H groups in total. The summed E-state index contributed by atoms with van der Waals surface area (Å²) in [7, 11) is -3.54. The van der Waals surface area contributed by atoms with Gasteiger partial charge in [-0.1, -0.05) is 29.3 Å². The van der Waals surface area contributed by atoms with Gasteiger partial charge >= 0.3 is 0 Å². The van der Waals surface area contributed by atoms with Crippen molar-refractivity contribution in [1.82, 2.24) is 5.32 Å². The summed E-state index contributed by atoms with van der Waals surface area (Å²) in [4.78, 5) is 12.6. The SMILES string of the molecule is Cc1ccc(OCCNC(=O)C2CCN(S(C)(=O)=O)c3cc(Cl)ccc3O2)cc1. The molecule has 1 amide bonds. The maximum Gasteiger partial charge on any atom is 0.261 e. The molecule has 0 fully saturated rings. The van der Waals surface area contributed by atoms with Crippen LogP contribution in [0.3, 0.4) is 0 Å². The number of amides is 1. The Labute approximate surface area is 175 Å². The predicted molar refractivity (Wildman–Crippen MR) is 112 cm³/mol. The summed E-state index contributed by atoms with van der Waals surface area (Å²) in [6.45, 7) is 2.72. The maximum absolute atomic E-state index is 12.6. The molecule has 2 aromatic rings. The minimum Gasteiger partial charge on any atom is -0.492 e. The lowest BCUT2D eigenvalue weighted by Crippen LogP contribution is -2.41. The smallest absolute Gasteiger partial charge is 0.261 e. The highest BCUT2D eigenvalue weighted by molar-refractivity contribution is 7.92. The van der Waals surface area contributed by atoms with Gasteiger partial charge < -0.3 is 14.8 Å². The van der Waals surface area contributed by atoms with Crippen LogP contribution in [0.5, 0.6) is 11.5 Å². The number of hydrogen-bond acceptors (Lipinski definition) is 5. The largest absolute Gasteiger partial charge is 0.492 e. The molecule has 0 aliphatic carbocycles. The first-order valence-electron chi connectivity index (χ1n) is 9.15. The van der Waals surface area contributed by atoms with Crippen LogP contribution in [0.4, 0.5) is 5.69 Å². The number of rotatable bonds is 6. The van der Waals surface area contributed by atoms with E-state index in [-0.39, 0.29) is 18.9 Å². The molecule has 0 saturated carbocycles. The van der Waals surface area contributed by atoms with Gasteiger partial charge in [-0.15, -0.1) is 0 Å². The molecule has 1 heterocycles. The Morgan fingerprint density at radius 2 is 2.00 bits per heavy atom. The Bertz CT molecular complexity index is 979. The van der Waals surface area contributed by atoms with E-state index in [1.807, 2.05) is 31.2 Å². The van der Waals surface area contributed by atoms with Crippen LogP contribution in [0.25, 0.3) is 0 Å². The molecule has 1 unspecified atom stereocenters. The van der Waals surface area contributed by atoms with Gasteiger partial charge in [-0.25, -0.2) is 8.42 Å². The number of nitrogens with one attached hydrogen (secondary N) is 1. The van der Waals surface area contributed by atoms with Crippen LogP contribution in [0, 0.1) is 6.92 Å². The lowest BCUT2D eigenvalue weighted by molar-refractivity contribution is -0.128. The molecule has 3 rings (SSSR count). The third-order valence-corrected chi connectivity index (χ3v) is 5.85. The molecule has 7 nitrogen and oxygen atoms in total. The summed E-state index contributed by atoms with van der Waals surface area (Å²) in [5.74, 6) is 0.701. The molecule has 9 heteroatoms. The number of carbonyl (C=O) groups is 1. The second kappa shape index (κ2) is 8.92. The van der Waals surface area contributed by atoms with Crippen LogP contribution in [0.15, 0.2) is 42.5 Å². The topological polar surface area (TPSA) is 84.9 Å². The van der Waals surface area contributed by atoms with Crippen LogP contribution >= 0.6 is 11.6 Å². The first kappa shape index (κ1) is 21.3. The zero-order valence-corrected chi connectivity index (χ0v) is 17.8. The van der Waals surface area contributed by atoms with Crippen molar-refractivity contribution < 1.29 is 22.7 Å². The fourth-order valence-electron chi connectivity index (χ4n) is 2.97. The Kier molecular flexibility index (Phi) is 6.54. The molecule has 1 atom stereocenters. The van der Waals surface area contributed by atoms with E-state index >= 15 is 0 Å². The summed E-state index contributed by atoms with van der Waals surface area (Å²) in [6.07, 6.45) is 0.505. The lowest BCUT2D eigenvalue weighted by Gasteiger charge is -2.21. The van der Waals surface area contributed by atoms with E-state index in [2.05, 4.69) is 5.32 Å². The van der Waals surface area contributed by atoms with Gasteiger partial charge in [0.2, 0.25) is 10.0 Å². The van der Waals surface area contributed by atoms with Crippen LogP contribution in [-0.4, -0.2) is 46.4 Å². The van der Waals surface area contributed by atoms with Gasteiger partial charge in [0.15, 0.2) is 6.10 Å². The Balaban J connectivity index is 1.61. The van der Waals surface area contributed by atoms with Gasteiger partial charge in [0.1, 0.15) is 18.1 Å². The molecule has 156 valence electrons. The molecule has 0 saturated heterocycles. The van der Waals surface area contributed by atoms with Crippen molar-refractivity contribution in [3.8, 4) is 11.5 Å². The van der Waals surface area contributed by atoms with Crippen molar-refractivity contribution in [2.24, 2.45) is 0 Å². The van der Waals surface area contributed by atoms with Crippen LogP contribution in [0.1, 0.15) is 12.0 Å². The molecule has 0 spiro atoms. The van der Waals surface area contributed by atoms with Crippen LogP contribution < -0.4 is 19.1 Å². The first-order chi connectivity index (χ1) is 13.7. The number of carbonyl (C=O) groups excluding carboxylic acids is 1. The van der Waals surface area contributed by atoms with Crippen molar-refractivity contribution in [2.45, 2.75) is 19.4 Å². The molecular formula is C20H23ClN2O5S. The third kappa shape index (κ3) is 5.55. The van der Waals surface area contributed by atoms with Gasteiger partial charge in [0.25, 0.3) is 5.91 Å². The molecular weight excluding hydrogens is 416 g/mol. The fourth-order valence-corrected chi connectivity index (χ4v) is 4.08. The number of anilines is 1. The second-order valence-corrected chi connectivity index (χ2v) is 9.14. The Morgan fingerprint density at radius 1 is 1.28 bits per heavy atom. The Morgan fingerprint density at radius 3 is 2.69 bits per heavy atom. The highest BCUT2D eigenvalue weighted by Gasteiger charge is 2.31. The monoisotopic (exact) mass is 438 g/mol.